The van der Waals surface area contributed by atoms with Crippen LogP contribution in [-0.4, -0.2) is 65.7 Å². The van der Waals surface area contributed by atoms with Crippen molar-refractivity contribution in [3.63, 3.8) is 0 Å². The summed E-state index contributed by atoms with van der Waals surface area (Å²) in [6, 6.07) is 13.1. The summed E-state index contributed by atoms with van der Waals surface area (Å²) >= 11 is 0. The molecule has 12 nitrogen and oxygen atoms in total. The van der Waals surface area contributed by atoms with E-state index in [0.717, 1.165) is 5.56 Å². The molecule has 184 valence electrons. The lowest BCUT2D eigenvalue weighted by molar-refractivity contribution is -0.176. The first-order chi connectivity index (χ1) is 17.4. The average Bonchev–Trinajstić information content (AvgIpc) is 3.61. The maximum Gasteiger partial charge on any atom is 0.248 e. The Kier molecular flexibility index (Phi) is 5.02. The summed E-state index contributed by atoms with van der Waals surface area (Å²) in [5.74, 6) is 0.613. The molecule has 4 aromatic heterocycles. The van der Waals surface area contributed by atoms with Crippen molar-refractivity contribution >= 4 is 28.5 Å². The molecule has 0 spiro atoms. The largest absolute Gasteiger partial charge is 0.461 e. The third kappa shape index (κ3) is 3.58. The molecule has 4 N–H and O–H groups in total. The van der Waals surface area contributed by atoms with Crippen molar-refractivity contribution < 1.29 is 19.1 Å². The van der Waals surface area contributed by atoms with Crippen molar-refractivity contribution in [2.24, 2.45) is 0 Å². The van der Waals surface area contributed by atoms with Gasteiger partial charge in [-0.3, -0.25) is 4.79 Å². The number of nitrogens with one attached hydrogen (secondary N) is 1. The molecule has 0 bridgehead atoms. The molecular formula is C24H24N8O4. The van der Waals surface area contributed by atoms with E-state index in [9.17, 15) is 9.90 Å². The SMILES string of the molecule is CC(Cc1ccccc1)(C(=O)NCC1(O)COC1)n1ncc2c1nc(N)n1nc(-c3ccco3)nc21. The number of rotatable bonds is 7. The molecule has 5 aromatic rings. The Labute approximate surface area is 204 Å². The summed E-state index contributed by atoms with van der Waals surface area (Å²) < 4.78 is 13.5. The highest BCUT2D eigenvalue weighted by Gasteiger charge is 2.42. The fraction of sp³-hybridized carbons (Fsp3) is 0.292. The Morgan fingerprint density at radius 2 is 2.00 bits per heavy atom. The van der Waals surface area contributed by atoms with Gasteiger partial charge in [0.2, 0.25) is 17.7 Å². The normalized spacial score (nSPS) is 16.6. The van der Waals surface area contributed by atoms with E-state index in [1.54, 1.807) is 29.9 Å². The molecule has 1 aromatic carbocycles. The van der Waals surface area contributed by atoms with Crippen molar-refractivity contribution in [2.75, 3.05) is 25.5 Å². The summed E-state index contributed by atoms with van der Waals surface area (Å²) in [5.41, 5.74) is 5.74. The summed E-state index contributed by atoms with van der Waals surface area (Å²) in [6.45, 7) is 2.19. The molecule has 1 saturated heterocycles. The van der Waals surface area contributed by atoms with Gasteiger partial charge in [0.1, 0.15) is 11.1 Å². The van der Waals surface area contributed by atoms with Gasteiger partial charge in [-0.25, -0.2) is 9.67 Å². The quantitative estimate of drug-likeness (QED) is 0.305. The number of nitrogens with two attached hydrogens (primary N) is 1. The van der Waals surface area contributed by atoms with E-state index in [1.165, 1.54) is 10.8 Å². The van der Waals surface area contributed by atoms with Gasteiger partial charge in [0.15, 0.2) is 17.1 Å². The summed E-state index contributed by atoms with van der Waals surface area (Å²) in [4.78, 5) is 22.8. The molecule has 1 amide bonds. The first kappa shape index (κ1) is 22.2. The number of nitrogens with zero attached hydrogens (tertiary/aromatic N) is 6. The van der Waals surface area contributed by atoms with Gasteiger partial charge in [-0.05, 0) is 24.6 Å². The molecule has 12 heteroatoms. The van der Waals surface area contributed by atoms with Crippen molar-refractivity contribution in [3.8, 4) is 11.6 Å². The fourth-order valence-electron chi connectivity index (χ4n) is 4.40. The molecule has 1 aliphatic rings. The maximum absolute atomic E-state index is 13.7. The summed E-state index contributed by atoms with van der Waals surface area (Å²) in [6.07, 6.45) is 3.46. The van der Waals surface area contributed by atoms with Crippen LogP contribution in [0.4, 0.5) is 5.95 Å². The van der Waals surface area contributed by atoms with Crippen LogP contribution in [0.2, 0.25) is 0 Å². The predicted octanol–water partition coefficient (Wildman–Crippen LogP) is 1.15. The van der Waals surface area contributed by atoms with Crippen LogP contribution in [-0.2, 0) is 21.5 Å². The molecular weight excluding hydrogens is 464 g/mol. The van der Waals surface area contributed by atoms with E-state index in [4.69, 9.17) is 14.9 Å². The number of furan rings is 1. The molecule has 1 atom stereocenters. The lowest BCUT2D eigenvalue weighted by Crippen LogP contribution is -2.59. The van der Waals surface area contributed by atoms with Crippen molar-refractivity contribution in [2.45, 2.75) is 24.5 Å². The first-order valence-corrected chi connectivity index (χ1v) is 11.4. The zero-order valence-corrected chi connectivity index (χ0v) is 19.5. The maximum atomic E-state index is 13.7. The highest BCUT2D eigenvalue weighted by Crippen LogP contribution is 2.30. The minimum absolute atomic E-state index is 0.0614. The van der Waals surface area contributed by atoms with Gasteiger partial charge in [-0.2, -0.15) is 14.6 Å². The zero-order valence-electron chi connectivity index (χ0n) is 19.5. The second-order valence-corrected chi connectivity index (χ2v) is 9.25. The van der Waals surface area contributed by atoms with Crippen LogP contribution in [0.15, 0.2) is 59.3 Å². The molecule has 6 rings (SSSR count). The average molecular weight is 489 g/mol. The Balaban J connectivity index is 1.46. The van der Waals surface area contributed by atoms with E-state index in [-0.39, 0.29) is 31.6 Å². The van der Waals surface area contributed by atoms with Crippen LogP contribution < -0.4 is 11.1 Å². The number of amides is 1. The van der Waals surface area contributed by atoms with Gasteiger partial charge in [0.25, 0.3) is 0 Å². The number of nitrogen functional groups attached to an aromatic ring is 1. The van der Waals surface area contributed by atoms with Gasteiger partial charge in [0, 0.05) is 6.42 Å². The number of hydrogen-bond donors (Lipinski definition) is 3. The minimum Gasteiger partial charge on any atom is -0.461 e. The Morgan fingerprint density at radius 3 is 2.69 bits per heavy atom. The number of hydrogen-bond acceptors (Lipinski definition) is 9. The van der Waals surface area contributed by atoms with Gasteiger partial charge < -0.3 is 25.3 Å². The first-order valence-electron chi connectivity index (χ1n) is 11.4. The van der Waals surface area contributed by atoms with Crippen LogP contribution in [0.3, 0.4) is 0 Å². The fourth-order valence-corrected chi connectivity index (χ4v) is 4.40. The molecule has 1 aliphatic heterocycles. The number of carbonyl (C=O) groups excluding carboxylic acids is 1. The van der Waals surface area contributed by atoms with Crippen LogP contribution in [0, 0.1) is 0 Å². The Morgan fingerprint density at radius 1 is 1.19 bits per heavy atom. The number of aromatic nitrogens is 6. The number of fused-ring (bicyclic) bond motifs is 3. The standard InChI is InChI=1S/C24H24N8O4/c1-23(10-15-6-3-2-4-7-15,21(33)26-12-24(34)13-35-14-24)32-20-16(11-27-32)19-28-18(17-8-5-9-36-17)30-31(19)22(25)29-20/h2-9,11,34H,10,12-14H2,1H3,(H2,25,29)(H,26,33). The van der Waals surface area contributed by atoms with E-state index in [0.29, 0.717) is 34.7 Å². The molecule has 1 unspecified atom stereocenters. The Bertz CT molecular complexity index is 1560. The van der Waals surface area contributed by atoms with Crippen LogP contribution in [0.25, 0.3) is 28.3 Å². The molecule has 5 heterocycles. The molecule has 0 aliphatic carbocycles. The van der Waals surface area contributed by atoms with Crippen LogP contribution in [0.5, 0.6) is 0 Å². The monoisotopic (exact) mass is 488 g/mol. The molecule has 1 fully saturated rings. The predicted molar refractivity (Wildman–Crippen MR) is 129 cm³/mol. The third-order valence-electron chi connectivity index (χ3n) is 6.44. The summed E-state index contributed by atoms with van der Waals surface area (Å²) in [7, 11) is 0. The van der Waals surface area contributed by atoms with E-state index >= 15 is 0 Å². The second-order valence-electron chi connectivity index (χ2n) is 9.25. The van der Waals surface area contributed by atoms with Gasteiger partial charge in [0.05, 0.1) is 37.6 Å². The van der Waals surface area contributed by atoms with Crippen molar-refractivity contribution in [1.29, 1.82) is 0 Å². The number of aliphatic hydroxyl groups is 1. The van der Waals surface area contributed by atoms with Crippen molar-refractivity contribution in [3.05, 3.63) is 60.5 Å². The van der Waals surface area contributed by atoms with Crippen LogP contribution >= 0.6 is 0 Å². The van der Waals surface area contributed by atoms with Gasteiger partial charge in [-0.15, -0.1) is 5.10 Å². The number of carbonyl (C=O) groups is 1. The van der Waals surface area contributed by atoms with Crippen LogP contribution in [0.1, 0.15) is 12.5 Å². The summed E-state index contributed by atoms with van der Waals surface area (Å²) in [5, 5.41) is 22.9. The third-order valence-corrected chi connectivity index (χ3v) is 6.44. The van der Waals surface area contributed by atoms with E-state index in [2.05, 4.69) is 25.5 Å². The lowest BCUT2D eigenvalue weighted by Gasteiger charge is -2.37. The van der Waals surface area contributed by atoms with E-state index in [1.807, 2.05) is 30.3 Å². The number of benzene rings is 1. The minimum atomic E-state index is -1.20. The smallest absolute Gasteiger partial charge is 0.248 e. The second kappa shape index (κ2) is 8.14. The van der Waals surface area contributed by atoms with E-state index < -0.39 is 11.1 Å². The highest BCUT2D eigenvalue weighted by molar-refractivity contribution is 5.93. The lowest BCUT2D eigenvalue weighted by atomic mass is 9.91. The van der Waals surface area contributed by atoms with Crippen molar-refractivity contribution in [1.82, 2.24) is 34.7 Å². The number of ether oxygens (including phenoxy) is 1. The van der Waals surface area contributed by atoms with Gasteiger partial charge in [-0.1, -0.05) is 30.3 Å². The highest BCUT2D eigenvalue weighted by atomic mass is 16.5. The topological polar surface area (TPSA) is 159 Å². The molecule has 0 saturated carbocycles. The Hall–Kier alpha value is -4.29. The number of anilines is 1. The van der Waals surface area contributed by atoms with Gasteiger partial charge >= 0.3 is 0 Å². The molecule has 36 heavy (non-hydrogen) atoms. The molecule has 0 radical (unpaired) electrons. The zero-order chi connectivity index (χ0) is 24.9.